The molecule has 3 fully saturated rings. The fourth-order valence-corrected chi connectivity index (χ4v) is 4.47. The van der Waals surface area contributed by atoms with E-state index >= 15 is 0 Å². The number of nitrogens with one attached hydrogen (secondary N) is 1. The molecule has 3 rings (SSSR count). The van der Waals surface area contributed by atoms with Crippen LogP contribution in [-0.2, 0) is 4.79 Å². The Morgan fingerprint density at radius 2 is 1.70 bits per heavy atom. The predicted molar refractivity (Wildman–Crippen MR) is 81.2 cm³/mol. The molecule has 1 saturated heterocycles. The molecule has 3 heteroatoms. The average Bonchev–Trinajstić information content (AvgIpc) is 3.00. The summed E-state index contributed by atoms with van der Waals surface area (Å²) in [5, 5.41) is 3.59. The van der Waals surface area contributed by atoms with Gasteiger partial charge in [0, 0.05) is 6.04 Å². The Hall–Kier alpha value is -0.570. The number of amides is 1. The summed E-state index contributed by atoms with van der Waals surface area (Å²) in [4.78, 5) is 14.9. The Morgan fingerprint density at radius 3 is 2.30 bits per heavy atom. The van der Waals surface area contributed by atoms with Crippen molar-refractivity contribution in [3.8, 4) is 0 Å². The van der Waals surface area contributed by atoms with Gasteiger partial charge in [0.2, 0.25) is 5.91 Å². The van der Waals surface area contributed by atoms with Gasteiger partial charge in [-0.25, -0.2) is 0 Å². The summed E-state index contributed by atoms with van der Waals surface area (Å²) in [7, 11) is 0. The van der Waals surface area contributed by atoms with Crippen LogP contribution in [0.2, 0.25) is 0 Å². The van der Waals surface area contributed by atoms with Crippen LogP contribution in [0.5, 0.6) is 0 Å². The van der Waals surface area contributed by atoms with Crippen LogP contribution in [-0.4, -0.2) is 29.1 Å². The lowest BCUT2D eigenvalue weighted by Gasteiger charge is -2.42. The van der Waals surface area contributed by atoms with Crippen molar-refractivity contribution in [1.82, 2.24) is 10.2 Å². The standard InChI is InChI=1S/C17H30N2O/c1-12-16(20)19(14-8-10-17(2,3)11-9-14)15(18-12)13-6-4-5-7-13/h12-15,18H,4-11H2,1-3H3. The fourth-order valence-electron chi connectivity index (χ4n) is 4.47. The van der Waals surface area contributed by atoms with Gasteiger partial charge in [0.15, 0.2) is 0 Å². The van der Waals surface area contributed by atoms with Crippen LogP contribution >= 0.6 is 0 Å². The molecule has 2 saturated carbocycles. The molecule has 2 unspecified atom stereocenters. The number of hydrogen-bond acceptors (Lipinski definition) is 2. The lowest BCUT2D eigenvalue weighted by atomic mass is 9.75. The third kappa shape index (κ3) is 2.61. The minimum absolute atomic E-state index is 0.0236. The minimum Gasteiger partial charge on any atom is -0.323 e. The smallest absolute Gasteiger partial charge is 0.240 e. The maximum atomic E-state index is 12.6. The van der Waals surface area contributed by atoms with Gasteiger partial charge in [-0.05, 0) is 56.8 Å². The third-order valence-electron chi connectivity index (χ3n) is 5.89. The summed E-state index contributed by atoms with van der Waals surface area (Å²) in [6, 6.07) is 0.508. The average molecular weight is 278 g/mol. The molecule has 3 nitrogen and oxygen atoms in total. The van der Waals surface area contributed by atoms with Crippen LogP contribution in [0.15, 0.2) is 0 Å². The van der Waals surface area contributed by atoms with E-state index in [4.69, 9.17) is 0 Å². The Kier molecular flexibility index (Phi) is 3.83. The molecule has 1 aliphatic heterocycles. The van der Waals surface area contributed by atoms with Crippen LogP contribution < -0.4 is 5.32 Å². The molecular formula is C17H30N2O. The second kappa shape index (κ2) is 5.32. The van der Waals surface area contributed by atoms with Gasteiger partial charge in [-0.15, -0.1) is 0 Å². The maximum absolute atomic E-state index is 12.6. The van der Waals surface area contributed by atoms with Gasteiger partial charge in [-0.2, -0.15) is 0 Å². The van der Waals surface area contributed by atoms with Crippen molar-refractivity contribution in [2.24, 2.45) is 11.3 Å². The number of nitrogens with zero attached hydrogens (tertiary/aromatic N) is 1. The number of carbonyl (C=O) groups excluding carboxylic acids is 1. The van der Waals surface area contributed by atoms with Gasteiger partial charge in [-0.3, -0.25) is 10.1 Å². The van der Waals surface area contributed by atoms with E-state index in [-0.39, 0.29) is 6.04 Å². The molecule has 2 aliphatic carbocycles. The summed E-state index contributed by atoms with van der Waals surface area (Å²) in [5.41, 5.74) is 0.473. The zero-order valence-electron chi connectivity index (χ0n) is 13.3. The zero-order valence-corrected chi connectivity index (χ0v) is 13.3. The Balaban J connectivity index is 1.73. The molecule has 0 aromatic rings. The van der Waals surface area contributed by atoms with E-state index in [1.807, 2.05) is 6.92 Å². The van der Waals surface area contributed by atoms with Crippen LogP contribution in [0.25, 0.3) is 0 Å². The lowest BCUT2D eigenvalue weighted by molar-refractivity contribution is -0.134. The number of rotatable bonds is 2. The molecule has 114 valence electrons. The summed E-state index contributed by atoms with van der Waals surface area (Å²) in [5.74, 6) is 1.05. The zero-order chi connectivity index (χ0) is 14.3. The van der Waals surface area contributed by atoms with Crippen molar-refractivity contribution in [3.63, 3.8) is 0 Å². The molecule has 1 amide bonds. The quantitative estimate of drug-likeness (QED) is 0.840. The van der Waals surface area contributed by atoms with Crippen LogP contribution in [0.1, 0.15) is 72.1 Å². The summed E-state index contributed by atoms with van der Waals surface area (Å²) < 4.78 is 0. The first-order chi connectivity index (χ1) is 9.48. The number of carbonyl (C=O) groups is 1. The van der Waals surface area contributed by atoms with E-state index in [9.17, 15) is 4.79 Å². The van der Waals surface area contributed by atoms with Crippen molar-refractivity contribution >= 4 is 5.91 Å². The van der Waals surface area contributed by atoms with Gasteiger partial charge in [0.25, 0.3) is 0 Å². The predicted octanol–water partition coefficient (Wildman–Crippen LogP) is 3.29. The van der Waals surface area contributed by atoms with Crippen molar-refractivity contribution < 1.29 is 4.79 Å². The van der Waals surface area contributed by atoms with Gasteiger partial charge >= 0.3 is 0 Å². The van der Waals surface area contributed by atoms with E-state index in [1.54, 1.807) is 0 Å². The monoisotopic (exact) mass is 278 g/mol. The first-order valence-corrected chi connectivity index (χ1v) is 8.56. The lowest BCUT2D eigenvalue weighted by Crippen LogP contribution is -2.49. The van der Waals surface area contributed by atoms with Crippen molar-refractivity contribution in [3.05, 3.63) is 0 Å². The molecule has 0 bridgehead atoms. The fraction of sp³-hybridized carbons (Fsp3) is 0.941. The van der Waals surface area contributed by atoms with Crippen LogP contribution in [0.4, 0.5) is 0 Å². The molecule has 2 atom stereocenters. The highest BCUT2D eigenvalue weighted by Crippen LogP contribution is 2.40. The second-order valence-corrected chi connectivity index (χ2v) is 8.02. The van der Waals surface area contributed by atoms with Crippen LogP contribution in [0.3, 0.4) is 0 Å². The highest BCUT2D eigenvalue weighted by molar-refractivity contribution is 5.84. The van der Waals surface area contributed by atoms with E-state index in [0.717, 1.165) is 0 Å². The molecular weight excluding hydrogens is 248 g/mol. The van der Waals surface area contributed by atoms with E-state index < -0.39 is 0 Å². The topological polar surface area (TPSA) is 32.3 Å². The first-order valence-electron chi connectivity index (χ1n) is 8.56. The normalized spacial score (nSPS) is 36.0. The molecule has 0 aromatic carbocycles. The van der Waals surface area contributed by atoms with Crippen molar-refractivity contribution in [2.75, 3.05) is 0 Å². The number of hydrogen-bond donors (Lipinski definition) is 1. The highest BCUT2D eigenvalue weighted by atomic mass is 16.2. The summed E-state index contributed by atoms with van der Waals surface area (Å²) in [6.07, 6.45) is 10.5. The largest absolute Gasteiger partial charge is 0.323 e. The van der Waals surface area contributed by atoms with E-state index in [0.29, 0.717) is 29.4 Å². The van der Waals surface area contributed by atoms with Crippen LogP contribution in [0, 0.1) is 11.3 Å². The summed E-state index contributed by atoms with van der Waals surface area (Å²) in [6.45, 7) is 6.77. The summed E-state index contributed by atoms with van der Waals surface area (Å²) >= 11 is 0. The third-order valence-corrected chi connectivity index (χ3v) is 5.89. The maximum Gasteiger partial charge on any atom is 0.240 e. The van der Waals surface area contributed by atoms with Gasteiger partial charge in [0.05, 0.1) is 12.2 Å². The Bertz CT molecular complexity index is 363. The first kappa shape index (κ1) is 14.4. The SMILES string of the molecule is CC1NC(C2CCCC2)N(C2CCC(C)(C)CC2)C1=O. The molecule has 20 heavy (non-hydrogen) atoms. The molecule has 1 N–H and O–H groups in total. The molecule has 0 radical (unpaired) electrons. The molecule has 0 spiro atoms. The molecule has 3 aliphatic rings. The second-order valence-electron chi connectivity index (χ2n) is 8.02. The van der Waals surface area contributed by atoms with Gasteiger partial charge < -0.3 is 4.90 Å². The van der Waals surface area contributed by atoms with Gasteiger partial charge in [0.1, 0.15) is 0 Å². The van der Waals surface area contributed by atoms with Gasteiger partial charge in [-0.1, -0.05) is 26.7 Å². The van der Waals surface area contributed by atoms with Crippen molar-refractivity contribution in [2.45, 2.75) is 90.4 Å². The van der Waals surface area contributed by atoms with E-state index in [1.165, 1.54) is 51.4 Å². The molecule has 0 aromatic heterocycles. The Morgan fingerprint density at radius 1 is 1.10 bits per heavy atom. The highest BCUT2D eigenvalue weighted by Gasteiger charge is 2.45. The molecule has 1 heterocycles. The minimum atomic E-state index is 0.0236. The van der Waals surface area contributed by atoms with Crippen molar-refractivity contribution in [1.29, 1.82) is 0 Å². The van der Waals surface area contributed by atoms with E-state index in [2.05, 4.69) is 24.1 Å². The Labute approximate surface area is 123 Å².